The predicted octanol–water partition coefficient (Wildman–Crippen LogP) is 2.31. The lowest BCUT2D eigenvalue weighted by atomic mass is 10.4. The zero-order chi connectivity index (χ0) is 13.7. The third-order valence-electron chi connectivity index (χ3n) is 3.14. The third kappa shape index (κ3) is 3.86. The molecule has 0 bridgehead atoms. The number of anilines is 2. The molecular formula is C12H20ClN5S. The van der Waals surface area contributed by atoms with Crippen LogP contribution in [-0.4, -0.2) is 52.6 Å². The molecule has 0 N–H and O–H groups in total. The minimum atomic E-state index is 0.281. The fourth-order valence-electron chi connectivity index (χ4n) is 2.06. The van der Waals surface area contributed by atoms with Crippen molar-refractivity contribution in [3.63, 3.8) is 0 Å². The van der Waals surface area contributed by atoms with Gasteiger partial charge in [0.15, 0.2) is 0 Å². The van der Waals surface area contributed by atoms with E-state index in [4.69, 9.17) is 11.6 Å². The maximum absolute atomic E-state index is 6.05. The molecule has 0 atom stereocenters. The SMILES string of the molecule is CCN(CC)c1nc(Cl)nc(N2CCCSCC2)n1. The number of aromatic nitrogens is 3. The summed E-state index contributed by atoms with van der Waals surface area (Å²) in [6.07, 6.45) is 1.16. The minimum Gasteiger partial charge on any atom is -0.341 e. The van der Waals surface area contributed by atoms with E-state index in [1.807, 2.05) is 11.8 Å². The van der Waals surface area contributed by atoms with E-state index < -0.39 is 0 Å². The summed E-state index contributed by atoms with van der Waals surface area (Å²) in [5, 5.41) is 0.281. The van der Waals surface area contributed by atoms with Crippen LogP contribution in [0.5, 0.6) is 0 Å². The molecule has 1 aromatic heterocycles. The molecule has 0 aliphatic carbocycles. The van der Waals surface area contributed by atoms with Crippen molar-refractivity contribution < 1.29 is 0 Å². The second-order valence-electron chi connectivity index (χ2n) is 4.33. The zero-order valence-corrected chi connectivity index (χ0v) is 13.0. The monoisotopic (exact) mass is 301 g/mol. The first-order valence-electron chi connectivity index (χ1n) is 6.73. The number of rotatable bonds is 4. The maximum Gasteiger partial charge on any atom is 0.231 e. The average Bonchev–Trinajstić information content (AvgIpc) is 2.68. The van der Waals surface area contributed by atoms with Crippen LogP contribution in [0.25, 0.3) is 0 Å². The van der Waals surface area contributed by atoms with Crippen LogP contribution in [0.3, 0.4) is 0 Å². The molecule has 1 aromatic rings. The highest BCUT2D eigenvalue weighted by molar-refractivity contribution is 7.99. The number of thioether (sulfide) groups is 1. The summed E-state index contributed by atoms with van der Waals surface area (Å²) in [7, 11) is 0. The Morgan fingerprint density at radius 3 is 2.68 bits per heavy atom. The molecule has 0 amide bonds. The van der Waals surface area contributed by atoms with Crippen LogP contribution in [0.15, 0.2) is 0 Å². The highest BCUT2D eigenvalue weighted by atomic mass is 35.5. The minimum absolute atomic E-state index is 0.281. The highest BCUT2D eigenvalue weighted by Gasteiger charge is 2.16. The van der Waals surface area contributed by atoms with Crippen molar-refractivity contribution in [2.45, 2.75) is 20.3 Å². The fraction of sp³-hybridized carbons (Fsp3) is 0.750. The van der Waals surface area contributed by atoms with Gasteiger partial charge in [0.05, 0.1) is 0 Å². The largest absolute Gasteiger partial charge is 0.341 e. The van der Waals surface area contributed by atoms with Crippen LogP contribution < -0.4 is 9.80 Å². The van der Waals surface area contributed by atoms with E-state index in [1.165, 1.54) is 5.75 Å². The molecule has 2 rings (SSSR count). The Hall–Kier alpha value is -0.750. The van der Waals surface area contributed by atoms with Gasteiger partial charge < -0.3 is 9.80 Å². The van der Waals surface area contributed by atoms with Crippen molar-refractivity contribution in [1.82, 2.24) is 15.0 Å². The van der Waals surface area contributed by atoms with E-state index in [1.54, 1.807) is 0 Å². The molecule has 7 heteroatoms. The molecule has 2 heterocycles. The van der Waals surface area contributed by atoms with Gasteiger partial charge in [-0.3, -0.25) is 0 Å². The Morgan fingerprint density at radius 2 is 1.95 bits per heavy atom. The quantitative estimate of drug-likeness (QED) is 0.850. The number of hydrogen-bond donors (Lipinski definition) is 0. The van der Waals surface area contributed by atoms with Gasteiger partial charge in [-0.1, -0.05) is 0 Å². The summed E-state index contributed by atoms with van der Waals surface area (Å²) in [5.41, 5.74) is 0. The van der Waals surface area contributed by atoms with E-state index in [2.05, 4.69) is 38.6 Å². The zero-order valence-electron chi connectivity index (χ0n) is 11.5. The van der Waals surface area contributed by atoms with Crippen molar-refractivity contribution in [3.8, 4) is 0 Å². The fourth-order valence-corrected chi connectivity index (χ4v) is 3.10. The van der Waals surface area contributed by atoms with Crippen LogP contribution in [0.2, 0.25) is 5.28 Å². The smallest absolute Gasteiger partial charge is 0.231 e. The Bertz CT molecular complexity index is 405. The van der Waals surface area contributed by atoms with Gasteiger partial charge in [-0.15, -0.1) is 0 Å². The molecule has 19 heavy (non-hydrogen) atoms. The summed E-state index contributed by atoms with van der Waals surface area (Å²) in [6, 6.07) is 0. The van der Waals surface area contributed by atoms with Crippen LogP contribution >= 0.6 is 23.4 Å². The molecule has 0 spiro atoms. The highest BCUT2D eigenvalue weighted by Crippen LogP contribution is 2.19. The molecule has 0 unspecified atom stereocenters. The molecule has 1 saturated heterocycles. The van der Waals surface area contributed by atoms with Gasteiger partial charge in [0.1, 0.15) is 0 Å². The van der Waals surface area contributed by atoms with Gasteiger partial charge in [0.2, 0.25) is 17.2 Å². The molecule has 0 radical (unpaired) electrons. The first kappa shape index (κ1) is 14.7. The van der Waals surface area contributed by atoms with E-state index in [0.717, 1.165) is 38.4 Å². The topological polar surface area (TPSA) is 45.2 Å². The van der Waals surface area contributed by atoms with Gasteiger partial charge in [-0.2, -0.15) is 26.7 Å². The van der Waals surface area contributed by atoms with Gasteiger partial charge in [-0.25, -0.2) is 0 Å². The predicted molar refractivity (Wildman–Crippen MR) is 82.6 cm³/mol. The molecule has 1 fully saturated rings. The van der Waals surface area contributed by atoms with Crippen LogP contribution in [0, 0.1) is 0 Å². The van der Waals surface area contributed by atoms with Gasteiger partial charge in [-0.05, 0) is 37.6 Å². The normalized spacial score (nSPS) is 16.3. The molecular weight excluding hydrogens is 282 g/mol. The van der Waals surface area contributed by atoms with Crippen molar-refractivity contribution in [1.29, 1.82) is 0 Å². The summed E-state index contributed by atoms with van der Waals surface area (Å²) < 4.78 is 0. The lowest BCUT2D eigenvalue weighted by Crippen LogP contribution is -2.30. The molecule has 5 nitrogen and oxygen atoms in total. The second-order valence-corrected chi connectivity index (χ2v) is 5.89. The van der Waals surface area contributed by atoms with Crippen molar-refractivity contribution in [2.24, 2.45) is 0 Å². The number of hydrogen-bond acceptors (Lipinski definition) is 6. The molecule has 106 valence electrons. The summed E-state index contributed by atoms with van der Waals surface area (Å²) in [6.45, 7) is 7.87. The van der Waals surface area contributed by atoms with E-state index in [0.29, 0.717) is 11.9 Å². The van der Waals surface area contributed by atoms with Crippen LogP contribution in [0.1, 0.15) is 20.3 Å². The van der Waals surface area contributed by atoms with Crippen LogP contribution in [0.4, 0.5) is 11.9 Å². The molecule has 1 aliphatic heterocycles. The first-order valence-corrected chi connectivity index (χ1v) is 8.27. The molecule has 0 aromatic carbocycles. The van der Waals surface area contributed by atoms with E-state index in [9.17, 15) is 0 Å². The van der Waals surface area contributed by atoms with Crippen molar-refractivity contribution in [3.05, 3.63) is 5.28 Å². The van der Waals surface area contributed by atoms with Gasteiger partial charge >= 0.3 is 0 Å². The lowest BCUT2D eigenvalue weighted by molar-refractivity contribution is 0.758. The van der Waals surface area contributed by atoms with Crippen molar-refractivity contribution in [2.75, 3.05) is 47.5 Å². The Balaban J connectivity index is 2.24. The molecule has 1 aliphatic rings. The maximum atomic E-state index is 6.05. The second kappa shape index (κ2) is 7.14. The van der Waals surface area contributed by atoms with Crippen molar-refractivity contribution >= 4 is 35.3 Å². The average molecular weight is 302 g/mol. The summed E-state index contributed by atoms with van der Waals surface area (Å²) in [5.74, 6) is 3.71. The van der Waals surface area contributed by atoms with Gasteiger partial charge in [0.25, 0.3) is 0 Å². The standard InChI is InChI=1S/C12H20ClN5S/c1-3-17(4-2)11-14-10(13)15-12(16-11)18-6-5-8-19-9-7-18/h3-9H2,1-2H3. The summed E-state index contributed by atoms with van der Waals surface area (Å²) in [4.78, 5) is 17.4. The Labute approximate surface area is 123 Å². The van der Waals surface area contributed by atoms with Gasteiger partial charge in [0, 0.05) is 31.9 Å². The first-order chi connectivity index (χ1) is 9.24. The van der Waals surface area contributed by atoms with Crippen LogP contribution in [-0.2, 0) is 0 Å². The number of halogens is 1. The third-order valence-corrected chi connectivity index (χ3v) is 4.35. The van der Waals surface area contributed by atoms with E-state index >= 15 is 0 Å². The Morgan fingerprint density at radius 1 is 1.16 bits per heavy atom. The number of nitrogens with zero attached hydrogens (tertiary/aromatic N) is 5. The summed E-state index contributed by atoms with van der Waals surface area (Å²) >= 11 is 8.03. The lowest BCUT2D eigenvalue weighted by Gasteiger charge is -2.23. The Kier molecular flexibility index (Phi) is 5.51. The molecule has 0 saturated carbocycles. The van der Waals surface area contributed by atoms with E-state index in [-0.39, 0.29) is 5.28 Å².